The van der Waals surface area contributed by atoms with Crippen LogP contribution in [0, 0.1) is 0 Å². The molecule has 8 heteroatoms. The van der Waals surface area contributed by atoms with Gasteiger partial charge in [-0.15, -0.1) is 0 Å². The van der Waals surface area contributed by atoms with Crippen molar-refractivity contribution in [2.75, 3.05) is 0 Å². The van der Waals surface area contributed by atoms with Crippen molar-refractivity contribution in [2.45, 2.75) is 8.91 Å². The van der Waals surface area contributed by atoms with E-state index in [1.165, 1.54) is 0 Å². The first-order valence-electron chi connectivity index (χ1n) is 2.53. The molecule has 0 fully saturated rings. The molecule has 0 aliphatic carbocycles. The van der Waals surface area contributed by atoms with Crippen molar-refractivity contribution in [2.24, 2.45) is 9.98 Å². The summed E-state index contributed by atoms with van der Waals surface area (Å²) < 4.78 is -1.88. The van der Waals surface area contributed by atoms with Crippen LogP contribution < -0.4 is 0 Å². The van der Waals surface area contributed by atoms with E-state index in [0.717, 1.165) is 0 Å². The molecule has 0 N–H and O–H groups in total. The Kier molecular flexibility index (Phi) is 3.10. The molecule has 0 aromatic carbocycles. The van der Waals surface area contributed by atoms with Crippen molar-refractivity contribution in [1.29, 1.82) is 0 Å². The minimum atomic E-state index is -1.88. The SMILES string of the molecule is ClC1=NC(Cl)(C(Cl)(Cl)Cl)N=C1Cl. The quantitative estimate of drug-likeness (QED) is 0.481. The Labute approximate surface area is 98.4 Å². The van der Waals surface area contributed by atoms with Crippen molar-refractivity contribution >= 4 is 79.9 Å². The Morgan fingerprint density at radius 2 is 1.33 bits per heavy atom. The fraction of sp³-hybridized carbons (Fsp3) is 0.500. The molecular weight excluding hydrogens is 289 g/mol. The molecule has 0 saturated heterocycles. The van der Waals surface area contributed by atoms with Gasteiger partial charge in [0.2, 0.25) is 3.79 Å². The Bertz CT molecular complexity index is 245. The average molecular weight is 289 g/mol. The molecule has 0 radical (unpaired) electrons. The van der Waals surface area contributed by atoms with Crippen LogP contribution in [0.1, 0.15) is 0 Å². The van der Waals surface area contributed by atoms with Crippen LogP contribution in [0.25, 0.3) is 0 Å². The summed E-state index contributed by atoms with van der Waals surface area (Å²) in [6, 6.07) is 0. The van der Waals surface area contributed by atoms with E-state index < -0.39 is 8.91 Å². The number of halogens is 6. The van der Waals surface area contributed by atoms with Gasteiger partial charge in [0.15, 0.2) is 10.3 Å². The van der Waals surface area contributed by atoms with E-state index in [1.807, 2.05) is 0 Å². The zero-order chi connectivity index (χ0) is 9.57. The zero-order valence-corrected chi connectivity index (χ0v) is 9.70. The second-order valence-corrected chi connectivity index (χ2v) is 5.41. The van der Waals surface area contributed by atoms with Crippen LogP contribution in [0.2, 0.25) is 0 Å². The first kappa shape index (κ1) is 11.2. The summed E-state index contributed by atoms with van der Waals surface area (Å²) in [6.07, 6.45) is 0. The molecule has 0 amide bonds. The molecule has 0 unspecified atom stereocenters. The standard InChI is InChI=1S/C4Cl6N2/c5-1-2(6)12-4(10,11-1)3(7,8)9. The maximum absolute atomic E-state index is 5.70. The number of rotatable bonds is 0. The summed E-state index contributed by atoms with van der Waals surface area (Å²) in [7, 11) is 0. The predicted octanol–water partition coefficient (Wildman–Crippen LogP) is 3.54. The van der Waals surface area contributed by atoms with Gasteiger partial charge in [0.05, 0.1) is 0 Å². The molecule has 0 saturated carbocycles. The molecular formula is C4Cl6N2. The summed E-state index contributed by atoms with van der Waals surface area (Å²) in [5.74, 6) is 0. The van der Waals surface area contributed by atoms with Gasteiger partial charge in [0.25, 0.3) is 5.12 Å². The van der Waals surface area contributed by atoms with Crippen LogP contribution in [0.5, 0.6) is 0 Å². The molecule has 0 aromatic heterocycles. The zero-order valence-electron chi connectivity index (χ0n) is 5.16. The monoisotopic (exact) mass is 286 g/mol. The van der Waals surface area contributed by atoms with Crippen molar-refractivity contribution in [3.8, 4) is 0 Å². The van der Waals surface area contributed by atoms with Gasteiger partial charge in [0.1, 0.15) is 0 Å². The van der Waals surface area contributed by atoms with Gasteiger partial charge in [-0.3, -0.25) is 0 Å². The van der Waals surface area contributed by atoms with Gasteiger partial charge in [-0.25, -0.2) is 9.98 Å². The highest BCUT2D eigenvalue weighted by Crippen LogP contribution is 2.47. The largest absolute Gasteiger partial charge is 0.276 e. The Hall–Kier alpha value is 1.08. The van der Waals surface area contributed by atoms with Crippen LogP contribution in [-0.4, -0.2) is 19.3 Å². The lowest BCUT2D eigenvalue weighted by atomic mass is 10.6. The molecule has 0 bridgehead atoms. The van der Waals surface area contributed by atoms with E-state index in [-0.39, 0.29) is 10.3 Å². The fourth-order valence-electron chi connectivity index (χ4n) is 0.504. The third-order valence-corrected chi connectivity index (χ3v) is 3.18. The van der Waals surface area contributed by atoms with E-state index in [1.54, 1.807) is 0 Å². The summed E-state index contributed by atoms with van der Waals surface area (Å²) in [6.45, 7) is 0. The lowest BCUT2D eigenvalue weighted by Gasteiger charge is -2.22. The lowest BCUT2D eigenvalue weighted by molar-refractivity contribution is 0.666. The van der Waals surface area contributed by atoms with Gasteiger partial charge in [0, 0.05) is 0 Å². The van der Waals surface area contributed by atoms with Crippen LogP contribution in [0.15, 0.2) is 9.98 Å². The molecule has 1 rings (SSSR count). The molecule has 0 spiro atoms. The highest BCUT2D eigenvalue weighted by Gasteiger charge is 2.51. The molecule has 2 nitrogen and oxygen atoms in total. The number of hydrogen-bond acceptors (Lipinski definition) is 2. The van der Waals surface area contributed by atoms with E-state index in [2.05, 4.69) is 9.98 Å². The predicted molar refractivity (Wildman–Crippen MR) is 55.5 cm³/mol. The third kappa shape index (κ3) is 1.94. The first-order chi connectivity index (χ1) is 5.26. The number of alkyl halides is 4. The van der Waals surface area contributed by atoms with Gasteiger partial charge in [-0.1, -0.05) is 69.6 Å². The number of hydrogen-bond donors (Lipinski definition) is 0. The van der Waals surface area contributed by atoms with E-state index in [0.29, 0.717) is 0 Å². The van der Waals surface area contributed by atoms with Gasteiger partial charge >= 0.3 is 0 Å². The van der Waals surface area contributed by atoms with E-state index >= 15 is 0 Å². The normalized spacial score (nSPS) is 22.2. The molecule has 0 atom stereocenters. The number of nitrogens with zero attached hydrogens (tertiary/aromatic N) is 2. The summed E-state index contributed by atoms with van der Waals surface area (Å²) in [5, 5.41) is -1.89. The lowest BCUT2D eigenvalue weighted by Crippen LogP contribution is -2.31. The molecule has 1 aliphatic heterocycles. The molecule has 1 aliphatic rings. The van der Waals surface area contributed by atoms with E-state index in [4.69, 9.17) is 69.6 Å². The maximum atomic E-state index is 5.70. The minimum absolute atomic E-state index is 0.0713. The summed E-state index contributed by atoms with van der Waals surface area (Å²) in [4.78, 5) is 7.18. The second kappa shape index (κ2) is 3.34. The topological polar surface area (TPSA) is 24.7 Å². The number of aliphatic imine (C=N–C) groups is 2. The summed E-state index contributed by atoms with van der Waals surface area (Å²) >= 11 is 33.1. The second-order valence-electron chi connectivity index (χ2n) is 1.89. The van der Waals surface area contributed by atoms with Crippen LogP contribution in [0.3, 0.4) is 0 Å². The van der Waals surface area contributed by atoms with Crippen molar-refractivity contribution in [3.05, 3.63) is 0 Å². The van der Waals surface area contributed by atoms with Crippen LogP contribution >= 0.6 is 69.6 Å². The molecule has 1 heterocycles. The van der Waals surface area contributed by atoms with E-state index in [9.17, 15) is 0 Å². The highest BCUT2D eigenvalue weighted by molar-refractivity contribution is 7.01. The minimum Gasteiger partial charge on any atom is -0.221 e. The maximum Gasteiger partial charge on any atom is 0.276 e. The fourth-order valence-corrected chi connectivity index (χ4v) is 1.34. The van der Waals surface area contributed by atoms with Crippen LogP contribution in [0.4, 0.5) is 0 Å². The Morgan fingerprint density at radius 1 is 1.00 bits per heavy atom. The Morgan fingerprint density at radius 3 is 1.50 bits per heavy atom. The third-order valence-electron chi connectivity index (χ3n) is 1.02. The van der Waals surface area contributed by atoms with Crippen molar-refractivity contribution in [1.82, 2.24) is 0 Å². The van der Waals surface area contributed by atoms with Crippen molar-refractivity contribution in [3.63, 3.8) is 0 Å². The Balaban J connectivity index is 3.08. The van der Waals surface area contributed by atoms with Crippen LogP contribution in [-0.2, 0) is 0 Å². The average Bonchev–Trinajstić information content (AvgIpc) is 2.06. The highest BCUT2D eigenvalue weighted by atomic mass is 35.6. The van der Waals surface area contributed by atoms with Crippen molar-refractivity contribution < 1.29 is 0 Å². The summed E-state index contributed by atoms with van der Waals surface area (Å²) in [5.41, 5.74) is 0. The molecule has 0 aromatic rings. The van der Waals surface area contributed by atoms with Gasteiger partial charge in [-0.05, 0) is 0 Å². The molecule has 12 heavy (non-hydrogen) atoms. The first-order valence-corrected chi connectivity index (χ1v) is 4.80. The molecule has 68 valence electrons. The smallest absolute Gasteiger partial charge is 0.221 e. The van der Waals surface area contributed by atoms with Gasteiger partial charge < -0.3 is 0 Å². The van der Waals surface area contributed by atoms with Gasteiger partial charge in [-0.2, -0.15) is 0 Å².